The lowest BCUT2D eigenvalue weighted by Crippen LogP contribution is -2.14. The molecule has 4 aromatic carbocycles. The number of nitrogens with one attached hydrogen (secondary N) is 2. The van der Waals surface area contributed by atoms with E-state index in [-0.39, 0.29) is 5.91 Å². The van der Waals surface area contributed by atoms with E-state index in [0.717, 1.165) is 55.8 Å². The van der Waals surface area contributed by atoms with E-state index in [9.17, 15) is 4.79 Å². The molecule has 0 aliphatic carbocycles. The van der Waals surface area contributed by atoms with Crippen LogP contribution in [0.3, 0.4) is 0 Å². The molecule has 0 radical (unpaired) electrons. The lowest BCUT2D eigenvalue weighted by atomic mass is 10.1. The van der Waals surface area contributed by atoms with Crippen molar-refractivity contribution < 1.29 is 9.21 Å². The van der Waals surface area contributed by atoms with Gasteiger partial charge in [-0.1, -0.05) is 42.5 Å². The van der Waals surface area contributed by atoms with Crippen LogP contribution >= 0.6 is 0 Å². The molecule has 0 saturated carbocycles. The predicted octanol–water partition coefficient (Wildman–Crippen LogP) is 7.03. The molecule has 1 amide bonds. The Balaban J connectivity index is 1.14. The van der Waals surface area contributed by atoms with Gasteiger partial charge in [0.15, 0.2) is 0 Å². The van der Waals surface area contributed by atoms with Crippen LogP contribution in [-0.4, -0.2) is 30.0 Å². The Morgan fingerprint density at radius 2 is 1.56 bits per heavy atom. The van der Waals surface area contributed by atoms with E-state index in [4.69, 9.17) is 4.42 Å². The molecule has 0 aliphatic heterocycles. The Bertz CT molecular complexity index is 1770. The first kappa shape index (κ1) is 24.2. The third-order valence-electron chi connectivity index (χ3n) is 6.61. The number of furan rings is 1. The molecule has 192 valence electrons. The van der Waals surface area contributed by atoms with Gasteiger partial charge in [0.2, 0.25) is 5.91 Å². The summed E-state index contributed by atoms with van der Waals surface area (Å²) in [6.45, 7) is 0. The molecule has 2 heterocycles. The molecule has 0 aliphatic rings. The molecule has 0 saturated heterocycles. The zero-order valence-electron chi connectivity index (χ0n) is 21.7. The molecule has 0 unspecified atom stereocenters. The number of nitrogens with zero attached hydrogens (tertiary/aromatic N) is 3. The fourth-order valence-corrected chi connectivity index (χ4v) is 4.61. The molecular weight excluding hydrogens is 486 g/mol. The fourth-order valence-electron chi connectivity index (χ4n) is 4.61. The van der Waals surface area contributed by atoms with Gasteiger partial charge in [0.05, 0.1) is 12.1 Å². The minimum atomic E-state index is -0.0616. The van der Waals surface area contributed by atoms with Crippen LogP contribution < -0.4 is 15.5 Å². The van der Waals surface area contributed by atoms with Crippen LogP contribution in [0.25, 0.3) is 33.2 Å². The summed E-state index contributed by atoms with van der Waals surface area (Å²) >= 11 is 0. The second-order valence-electron chi connectivity index (χ2n) is 9.56. The van der Waals surface area contributed by atoms with Crippen LogP contribution in [0.2, 0.25) is 0 Å². The highest BCUT2D eigenvalue weighted by Gasteiger charge is 2.13. The number of hydrogen-bond acceptors (Lipinski definition) is 6. The Kier molecular flexibility index (Phi) is 6.39. The normalized spacial score (nSPS) is 11.0. The first-order chi connectivity index (χ1) is 19.0. The smallest absolute Gasteiger partial charge is 0.228 e. The van der Waals surface area contributed by atoms with Gasteiger partial charge in [-0.2, -0.15) is 0 Å². The number of benzene rings is 4. The number of amides is 1. The van der Waals surface area contributed by atoms with Crippen molar-refractivity contribution in [3.05, 3.63) is 109 Å². The lowest BCUT2D eigenvalue weighted by Gasteiger charge is -2.12. The Morgan fingerprint density at radius 1 is 0.821 bits per heavy atom. The van der Waals surface area contributed by atoms with Gasteiger partial charge in [0.25, 0.3) is 0 Å². The quantitative estimate of drug-likeness (QED) is 0.238. The van der Waals surface area contributed by atoms with Crippen molar-refractivity contribution in [2.75, 3.05) is 29.6 Å². The van der Waals surface area contributed by atoms with Crippen LogP contribution in [-0.2, 0) is 11.2 Å². The summed E-state index contributed by atoms with van der Waals surface area (Å²) in [5, 5.41) is 8.42. The van der Waals surface area contributed by atoms with Crippen LogP contribution in [0.1, 0.15) is 5.56 Å². The van der Waals surface area contributed by atoms with E-state index in [1.807, 2.05) is 104 Å². The Labute approximate surface area is 226 Å². The van der Waals surface area contributed by atoms with Crippen LogP contribution in [0.4, 0.5) is 22.9 Å². The number of fused-ring (bicyclic) bond motifs is 3. The summed E-state index contributed by atoms with van der Waals surface area (Å²) in [5.74, 6) is 0.597. The van der Waals surface area contributed by atoms with Crippen LogP contribution in [0, 0.1) is 0 Å². The van der Waals surface area contributed by atoms with Gasteiger partial charge in [0.1, 0.15) is 23.3 Å². The van der Waals surface area contributed by atoms with E-state index >= 15 is 0 Å². The van der Waals surface area contributed by atoms with Gasteiger partial charge in [-0.15, -0.1) is 0 Å². The number of carbonyl (C=O) groups is 1. The van der Waals surface area contributed by atoms with E-state index in [1.54, 1.807) is 6.33 Å². The zero-order chi connectivity index (χ0) is 26.8. The number of carbonyl (C=O) groups excluding carboxylic acids is 1. The number of rotatable bonds is 7. The maximum atomic E-state index is 12.5. The summed E-state index contributed by atoms with van der Waals surface area (Å²) < 4.78 is 6.18. The van der Waals surface area contributed by atoms with Crippen molar-refractivity contribution in [1.29, 1.82) is 0 Å². The number of para-hydroxylation sites is 2. The van der Waals surface area contributed by atoms with Crippen molar-refractivity contribution in [3.63, 3.8) is 0 Å². The molecule has 0 spiro atoms. The standard InChI is InChI=1S/C32H27N5O2/c1-37(2)24-16-10-21(11-17-24)18-31(38)36-23-14-12-22(13-15-23)35-30-19-28(33-20-34-30)27-8-5-7-26-25-6-3-4-9-29(25)39-32(26)27/h3-17,19-20H,18H2,1-2H3,(H,36,38)(H,33,34,35). The van der Waals surface area contributed by atoms with Gasteiger partial charge in [-0.3, -0.25) is 4.79 Å². The zero-order valence-corrected chi connectivity index (χ0v) is 21.7. The van der Waals surface area contributed by atoms with E-state index in [0.29, 0.717) is 12.2 Å². The largest absolute Gasteiger partial charge is 0.455 e. The highest BCUT2D eigenvalue weighted by molar-refractivity contribution is 6.09. The molecule has 6 rings (SSSR count). The first-order valence-electron chi connectivity index (χ1n) is 12.7. The topological polar surface area (TPSA) is 83.3 Å². The van der Waals surface area contributed by atoms with Crippen molar-refractivity contribution in [3.8, 4) is 11.3 Å². The third-order valence-corrected chi connectivity index (χ3v) is 6.61. The Morgan fingerprint density at radius 3 is 2.36 bits per heavy atom. The van der Waals surface area contributed by atoms with Gasteiger partial charge in [-0.05, 0) is 54.1 Å². The molecular formula is C32H27N5O2. The first-order valence-corrected chi connectivity index (χ1v) is 12.7. The third kappa shape index (κ3) is 5.15. The molecule has 39 heavy (non-hydrogen) atoms. The highest BCUT2D eigenvalue weighted by atomic mass is 16.3. The monoisotopic (exact) mass is 513 g/mol. The maximum absolute atomic E-state index is 12.5. The summed E-state index contributed by atoms with van der Waals surface area (Å²) in [5.41, 5.74) is 6.97. The SMILES string of the molecule is CN(C)c1ccc(CC(=O)Nc2ccc(Nc3cc(-c4cccc5c4oc4ccccc45)ncn3)cc2)cc1. The molecule has 2 N–H and O–H groups in total. The maximum Gasteiger partial charge on any atom is 0.228 e. The molecule has 7 heteroatoms. The van der Waals surface area contributed by atoms with Crippen LogP contribution in [0.15, 0.2) is 108 Å². The summed E-state index contributed by atoms with van der Waals surface area (Å²) in [6, 6.07) is 31.5. The second kappa shape index (κ2) is 10.3. The average Bonchev–Trinajstić information content (AvgIpc) is 3.33. The van der Waals surface area contributed by atoms with E-state index < -0.39 is 0 Å². The lowest BCUT2D eigenvalue weighted by molar-refractivity contribution is -0.115. The molecule has 0 fully saturated rings. The average molecular weight is 514 g/mol. The van der Waals surface area contributed by atoms with Gasteiger partial charge < -0.3 is 20.0 Å². The summed E-state index contributed by atoms with van der Waals surface area (Å²) in [7, 11) is 3.99. The van der Waals surface area contributed by atoms with E-state index in [2.05, 4.69) is 32.7 Å². The van der Waals surface area contributed by atoms with Crippen molar-refractivity contribution in [2.24, 2.45) is 0 Å². The minimum Gasteiger partial charge on any atom is -0.455 e. The predicted molar refractivity (Wildman–Crippen MR) is 158 cm³/mol. The molecule has 0 bridgehead atoms. The van der Waals surface area contributed by atoms with Gasteiger partial charge in [0, 0.05) is 53.6 Å². The molecule has 0 atom stereocenters. The second-order valence-corrected chi connectivity index (χ2v) is 9.56. The van der Waals surface area contributed by atoms with Crippen molar-refractivity contribution in [1.82, 2.24) is 9.97 Å². The molecule has 7 nitrogen and oxygen atoms in total. The van der Waals surface area contributed by atoms with Gasteiger partial charge >= 0.3 is 0 Å². The van der Waals surface area contributed by atoms with Crippen molar-refractivity contribution in [2.45, 2.75) is 6.42 Å². The van der Waals surface area contributed by atoms with Gasteiger partial charge in [-0.25, -0.2) is 9.97 Å². The Hall–Kier alpha value is -5.17. The highest BCUT2D eigenvalue weighted by Crippen LogP contribution is 2.35. The fraction of sp³-hybridized carbons (Fsp3) is 0.0938. The van der Waals surface area contributed by atoms with E-state index in [1.165, 1.54) is 0 Å². The number of hydrogen-bond donors (Lipinski definition) is 2. The summed E-state index contributed by atoms with van der Waals surface area (Å²) in [4.78, 5) is 23.5. The number of aromatic nitrogens is 2. The van der Waals surface area contributed by atoms with Crippen LogP contribution in [0.5, 0.6) is 0 Å². The molecule has 2 aromatic heterocycles. The minimum absolute atomic E-state index is 0.0616. The van der Waals surface area contributed by atoms with Crippen molar-refractivity contribution >= 4 is 50.7 Å². The number of anilines is 4. The summed E-state index contributed by atoms with van der Waals surface area (Å²) in [6.07, 6.45) is 1.86. The molecule has 6 aromatic rings.